The third-order valence-electron chi connectivity index (χ3n) is 5.16. The number of rotatable bonds is 8. The van der Waals surface area contributed by atoms with Crippen LogP contribution in [0.4, 0.5) is 0 Å². The first-order chi connectivity index (χ1) is 14.6. The molecular formula is C26H31NO3. The summed E-state index contributed by atoms with van der Waals surface area (Å²) in [6.45, 7) is 8.97. The van der Waals surface area contributed by atoms with E-state index in [-0.39, 0.29) is 5.78 Å². The molecule has 158 valence electrons. The molecule has 30 heavy (non-hydrogen) atoms. The Hall–Kier alpha value is -2.61. The topological polar surface area (TPSA) is 38.8 Å². The molecule has 0 amide bonds. The van der Waals surface area contributed by atoms with Gasteiger partial charge in [-0.2, -0.15) is 0 Å². The van der Waals surface area contributed by atoms with Crippen molar-refractivity contribution in [2.45, 2.75) is 26.7 Å². The number of hydrogen-bond acceptors (Lipinski definition) is 4. The van der Waals surface area contributed by atoms with Crippen molar-refractivity contribution in [2.75, 3.05) is 39.5 Å². The van der Waals surface area contributed by atoms with Crippen LogP contribution in [0.25, 0.3) is 0 Å². The second-order valence-electron chi connectivity index (χ2n) is 7.99. The van der Waals surface area contributed by atoms with Crippen LogP contribution in [0.5, 0.6) is 5.75 Å². The predicted octanol–water partition coefficient (Wildman–Crippen LogP) is 3.96. The van der Waals surface area contributed by atoms with Crippen molar-refractivity contribution >= 4 is 5.78 Å². The second-order valence-corrected chi connectivity index (χ2v) is 7.99. The molecule has 4 heteroatoms. The SMILES string of the molecule is CC(=O)CC(C)Cc1ccc(C#Cc2ccc(OCCN3CCOCC3)cc2)cc1. The Bertz CT molecular complexity index is 856. The maximum atomic E-state index is 11.2. The van der Waals surface area contributed by atoms with E-state index in [1.165, 1.54) is 5.56 Å². The average Bonchev–Trinajstić information content (AvgIpc) is 2.74. The fraction of sp³-hybridized carbons (Fsp3) is 0.423. The van der Waals surface area contributed by atoms with E-state index >= 15 is 0 Å². The molecule has 0 spiro atoms. The first kappa shape index (κ1) is 22.1. The molecule has 1 fully saturated rings. The number of carbonyl (C=O) groups is 1. The summed E-state index contributed by atoms with van der Waals surface area (Å²) in [5.41, 5.74) is 3.20. The molecule has 0 radical (unpaired) electrons. The van der Waals surface area contributed by atoms with Crippen LogP contribution in [0, 0.1) is 17.8 Å². The zero-order chi connectivity index (χ0) is 21.2. The Morgan fingerprint density at radius 2 is 1.63 bits per heavy atom. The van der Waals surface area contributed by atoms with Crippen molar-refractivity contribution in [3.05, 3.63) is 65.2 Å². The summed E-state index contributed by atoms with van der Waals surface area (Å²) in [6.07, 6.45) is 1.55. The molecule has 2 aromatic carbocycles. The first-order valence-corrected chi connectivity index (χ1v) is 10.7. The van der Waals surface area contributed by atoms with E-state index in [4.69, 9.17) is 9.47 Å². The van der Waals surface area contributed by atoms with Crippen LogP contribution >= 0.6 is 0 Å². The minimum Gasteiger partial charge on any atom is -0.492 e. The van der Waals surface area contributed by atoms with Gasteiger partial charge in [-0.05, 0) is 61.2 Å². The second kappa shape index (κ2) is 11.5. The summed E-state index contributed by atoms with van der Waals surface area (Å²) in [5, 5.41) is 0. The van der Waals surface area contributed by atoms with Crippen molar-refractivity contribution in [2.24, 2.45) is 5.92 Å². The number of Topliss-reactive ketones (excluding diaryl/α,β-unsaturated/α-hetero) is 1. The van der Waals surface area contributed by atoms with Gasteiger partial charge in [0.05, 0.1) is 13.2 Å². The van der Waals surface area contributed by atoms with Gasteiger partial charge < -0.3 is 14.3 Å². The molecule has 0 N–H and O–H groups in total. The first-order valence-electron chi connectivity index (χ1n) is 10.7. The number of morpholine rings is 1. The summed E-state index contributed by atoms with van der Waals surface area (Å²) in [5.74, 6) is 7.92. The van der Waals surface area contributed by atoms with Crippen LogP contribution in [0.3, 0.4) is 0 Å². The fourth-order valence-electron chi connectivity index (χ4n) is 3.59. The number of nitrogens with zero attached hydrogens (tertiary/aromatic N) is 1. The quantitative estimate of drug-likeness (QED) is 0.624. The maximum Gasteiger partial charge on any atom is 0.130 e. The van der Waals surface area contributed by atoms with E-state index in [0.717, 1.165) is 56.1 Å². The van der Waals surface area contributed by atoms with Crippen molar-refractivity contribution in [1.29, 1.82) is 0 Å². The number of ether oxygens (including phenoxy) is 2. The molecule has 1 unspecified atom stereocenters. The van der Waals surface area contributed by atoms with Crippen LogP contribution in [-0.2, 0) is 16.0 Å². The monoisotopic (exact) mass is 405 g/mol. The predicted molar refractivity (Wildman–Crippen MR) is 120 cm³/mol. The number of benzene rings is 2. The van der Waals surface area contributed by atoms with Gasteiger partial charge in [0, 0.05) is 37.2 Å². The minimum atomic E-state index is 0.249. The molecule has 3 rings (SSSR count). The molecule has 0 bridgehead atoms. The van der Waals surface area contributed by atoms with Gasteiger partial charge >= 0.3 is 0 Å². The Morgan fingerprint density at radius 1 is 1.03 bits per heavy atom. The lowest BCUT2D eigenvalue weighted by Crippen LogP contribution is -2.38. The van der Waals surface area contributed by atoms with Gasteiger partial charge in [-0.1, -0.05) is 30.9 Å². The molecule has 0 aliphatic carbocycles. The highest BCUT2D eigenvalue weighted by atomic mass is 16.5. The van der Waals surface area contributed by atoms with Gasteiger partial charge in [-0.15, -0.1) is 0 Å². The standard InChI is InChI=1S/C26H31NO3/c1-21(19-22(2)28)20-25-7-5-23(6-8-25)3-4-24-9-11-26(12-10-24)30-18-15-27-13-16-29-17-14-27/h5-12,21H,13-20H2,1-2H3. The summed E-state index contributed by atoms with van der Waals surface area (Å²) >= 11 is 0. The van der Waals surface area contributed by atoms with E-state index in [1.807, 2.05) is 36.4 Å². The Labute approximate surface area is 180 Å². The third-order valence-corrected chi connectivity index (χ3v) is 5.16. The molecule has 1 aliphatic rings. The highest BCUT2D eigenvalue weighted by Crippen LogP contribution is 2.14. The summed E-state index contributed by atoms with van der Waals surface area (Å²) in [7, 11) is 0. The summed E-state index contributed by atoms with van der Waals surface area (Å²) in [6, 6.07) is 16.2. The Morgan fingerprint density at radius 3 is 2.23 bits per heavy atom. The summed E-state index contributed by atoms with van der Waals surface area (Å²) in [4.78, 5) is 13.6. The molecule has 0 saturated carbocycles. The van der Waals surface area contributed by atoms with Crippen molar-refractivity contribution in [3.63, 3.8) is 0 Å². The van der Waals surface area contributed by atoms with Gasteiger partial charge in [-0.25, -0.2) is 0 Å². The van der Waals surface area contributed by atoms with Crippen LogP contribution in [0.2, 0.25) is 0 Å². The number of carbonyl (C=O) groups excluding carboxylic acids is 1. The zero-order valence-electron chi connectivity index (χ0n) is 18.0. The average molecular weight is 406 g/mol. The summed E-state index contributed by atoms with van der Waals surface area (Å²) < 4.78 is 11.2. The van der Waals surface area contributed by atoms with Crippen LogP contribution < -0.4 is 4.74 Å². The van der Waals surface area contributed by atoms with Crippen LogP contribution in [-0.4, -0.2) is 50.1 Å². The lowest BCUT2D eigenvalue weighted by molar-refractivity contribution is -0.117. The lowest BCUT2D eigenvalue weighted by atomic mass is 9.96. The zero-order valence-corrected chi connectivity index (χ0v) is 18.0. The van der Waals surface area contributed by atoms with Crippen molar-refractivity contribution < 1.29 is 14.3 Å². The van der Waals surface area contributed by atoms with E-state index in [0.29, 0.717) is 18.9 Å². The Balaban J connectivity index is 1.46. The molecule has 2 aromatic rings. The van der Waals surface area contributed by atoms with Gasteiger partial charge in [-0.3, -0.25) is 4.90 Å². The Kier molecular flexibility index (Phi) is 8.50. The van der Waals surface area contributed by atoms with Crippen LogP contribution in [0.1, 0.15) is 37.0 Å². The van der Waals surface area contributed by atoms with Crippen molar-refractivity contribution in [3.8, 4) is 17.6 Å². The van der Waals surface area contributed by atoms with Crippen molar-refractivity contribution in [1.82, 2.24) is 4.90 Å². The third kappa shape index (κ3) is 7.67. The smallest absolute Gasteiger partial charge is 0.130 e. The van der Waals surface area contributed by atoms with Gasteiger partial charge in [0.2, 0.25) is 0 Å². The molecule has 1 atom stereocenters. The van der Waals surface area contributed by atoms with E-state index in [2.05, 4.69) is 35.8 Å². The lowest BCUT2D eigenvalue weighted by Gasteiger charge is -2.26. The van der Waals surface area contributed by atoms with Gasteiger partial charge in [0.1, 0.15) is 18.1 Å². The highest BCUT2D eigenvalue weighted by Gasteiger charge is 2.09. The normalized spacial score (nSPS) is 15.1. The van der Waals surface area contributed by atoms with E-state index < -0.39 is 0 Å². The van der Waals surface area contributed by atoms with Crippen LogP contribution in [0.15, 0.2) is 48.5 Å². The highest BCUT2D eigenvalue weighted by molar-refractivity contribution is 5.75. The largest absolute Gasteiger partial charge is 0.492 e. The van der Waals surface area contributed by atoms with Gasteiger partial charge in [0.25, 0.3) is 0 Å². The molecule has 0 aromatic heterocycles. The minimum absolute atomic E-state index is 0.249. The number of hydrogen-bond donors (Lipinski definition) is 0. The number of ketones is 1. The maximum absolute atomic E-state index is 11.2. The molecule has 1 heterocycles. The van der Waals surface area contributed by atoms with E-state index in [9.17, 15) is 4.79 Å². The molecule has 4 nitrogen and oxygen atoms in total. The van der Waals surface area contributed by atoms with Gasteiger partial charge in [0.15, 0.2) is 0 Å². The molecule has 1 aliphatic heterocycles. The fourth-order valence-corrected chi connectivity index (χ4v) is 3.59. The molecule has 1 saturated heterocycles. The van der Waals surface area contributed by atoms with E-state index in [1.54, 1.807) is 6.92 Å². The molecular weight excluding hydrogens is 374 g/mol.